The van der Waals surface area contributed by atoms with Crippen molar-refractivity contribution in [3.63, 3.8) is 0 Å². The second-order valence-electron chi connectivity index (χ2n) is 3.87. The largest absolute Gasteiger partial charge is 0.508 e. The first-order valence-electron chi connectivity index (χ1n) is 4.98. The van der Waals surface area contributed by atoms with Crippen LogP contribution in [-0.4, -0.2) is 16.7 Å². The van der Waals surface area contributed by atoms with E-state index in [9.17, 15) is 9.90 Å². The summed E-state index contributed by atoms with van der Waals surface area (Å²) in [6.07, 6.45) is 6.70. The van der Waals surface area contributed by atoms with Gasteiger partial charge in [-0.1, -0.05) is 18.2 Å². The molecule has 3 nitrogen and oxygen atoms in total. The number of ether oxygens (including phenoxy) is 1. The van der Waals surface area contributed by atoms with E-state index in [1.165, 1.54) is 6.08 Å². The normalized spacial score (nSPS) is 23.9. The maximum absolute atomic E-state index is 10.9. The van der Waals surface area contributed by atoms with E-state index in [1.54, 1.807) is 37.3 Å². The summed E-state index contributed by atoms with van der Waals surface area (Å²) in [4.78, 5) is 10.9. The minimum Gasteiger partial charge on any atom is -0.508 e. The lowest BCUT2D eigenvalue weighted by atomic mass is 10.1. The molecule has 1 aliphatic heterocycles. The first-order chi connectivity index (χ1) is 7.57. The molecule has 0 fully saturated rings. The van der Waals surface area contributed by atoms with Gasteiger partial charge in [0.25, 0.3) is 0 Å². The zero-order valence-electron chi connectivity index (χ0n) is 8.88. The molecule has 0 saturated heterocycles. The molecule has 0 amide bonds. The highest BCUT2D eigenvalue weighted by molar-refractivity contribution is 5.85. The van der Waals surface area contributed by atoms with E-state index in [2.05, 4.69) is 0 Å². The molecule has 1 atom stereocenters. The van der Waals surface area contributed by atoms with E-state index in [0.717, 1.165) is 5.56 Å². The van der Waals surface area contributed by atoms with Crippen LogP contribution < -0.4 is 0 Å². The molecule has 3 heteroatoms. The van der Waals surface area contributed by atoms with Gasteiger partial charge in [-0.15, -0.1) is 0 Å². The number of benzene rings is 1. The van der Waals surface area contributed by atoms with Crippen LogP contribution >= 0.6 is 0 Å². The molecule has 16 heavy (non-hydrogen) atoms. The van der Waals surface area contributed by atoms with Crippen LogP contribution in [0.1, 0.15) is 12.5 Å². The minimum atomic E-state index is -0.678. The summed E-state index contributed by atoms with van der Waals surface area (Å²) in [6, 6.07) is 6.86. The summed E-state index contributed by atoms with van der Waals surface area (Å²) in [5, 5.41) is 9.28. The molecule has 0 bridgehead atoms. The third-order valence-electron chi connectivity index (χ3n) is 2.35. The number of carbonyl (C=O) groups is 1. The molecule has 1 heterocycles. The Morgan fingerprint density at radius 1 is 1.44 bits per heavy atom. The Morgan fingerprint density at radius 3 is 2.88 bits per heavy atom. The number of cyclic esters (lactones) is 1. The molecule has 0 spiro atoms. The summed E-state index contributed by atoms with van der Waals surface area (Å²) in [5.41, 5.74) is 0.181. The molecule has 1 unspecified atom stereocenters. The van der Waals surface area contributed by atoms with Crippen molar-refractivity contribution in [1.29, 1.82) is 0 Å². The van der Waals surface area contributed by atoms with Gasteiger partial charge in [0.15, 0.2) is 0 Å². The number of carbonyl (C=O) groups excluding carboxylic acids is 1. The average Bonchev–Trinajstić information content (AvgIpc) is 2.57. The summed E-state index contributed by atoms with van der Waals surface area (Å²) in [5.74, 6) is -0.116. The molecule has 0 radical (unpaired) electrons. The number of hydrogen-bond donors (Lipinski definition) is 1. The van der Waals surface area contributed by atoms with Crippen LogP contribution in [0.3, 0.4) is 0 Å². The number of hydrogen-bond acceptors (Lipinski definition) is 3. The van der Waals surface area contributed by atoms with E-state index < -0.39 is 5.60 Å². The van der Waals surface area contributed by atoms with Crippen molar-refractivity contribution >= 4 is 12.0 Å². The number of rotatable bonds is 2. The molecule has 0 saturated carbocycles. The molecule has 1 N–H and O–H groups in total. The van der Waals surface area contributed by atoms with Crippen molar-refractivity contribution in [1.82, 2.24) is 0 Å². The van der Waals surface area contributed by atoms with Gasteiger partial charge < -0.3 is 9.84 Å². The Bertz CT molecular complexity index is 474. The van der Waals surface area contributed by atoms with Gasteiger partial charge in [0.05, 0.1) is 0 Å². The van der Waals surface area contributed by atoms with Crippen LogP contribution in [0.5, 0.6) is 5.75 Å². The van der Waals surface area contributed by atoms with Crippen molar-refractivity contribution in [2.45, 2.75) is 12.5 Å². The molecule has 0 aromatic heterocycles. The summed E-state index contributed by atoms with van der Waals surface area (Å²) in [7, 11) is 0. The van der Waals surface area contributed by atoms with Gasteiger partial charge in [-0.05, 0) is 36.8 Å². The minimum absolute atomic E-state index is 0.214. The molecule has 2 rings (SSSR count). The van der Waals surface area contributed by atoms with E-state index >= 15 is 0 Å². The van der Waals surface area contributed by atoms with E-state index in [0.29, 0.717) is 0 Å². The quantitative estimate of drug-likeness (QED) is 0.771. The highest BCUT2D eigenvalue weighted by atomic mass is 16.6. The SMILES string of the molecule is CC1(/C=C/c2cccc(O)c2)C=CC(=O)O1. The van der Waals surface area contributed by atoms with Gasteiger partial charge in [0.1, 0.15) is 11.4 Å². The van der Waals surface area contributed by atoms with Crippen LogP contribution in [-0.2, 0) is 9.53 Å². The van der Waals surface area contributed by atoms with Crippen LogP contribution in [0.25, 0.3) is 6.08 Å². The van der Waals surface area contributed by atoms with Crippen molar-refractivity contribution in [3.8, 4) is 5.75 Å². The third kappa shape index (κ3) is 2.31. The molecule has 1 aliphatic rings. The molecule has 82 valence electrons. The number of aromatic hydroxyl groups is 1. The molecule has 1 aromatic rings. The fourth-order valence-corrected chi connectivity index (χ4v) is 1.50. The zero-order valence-corrected chi connectivity index (χ0v) is 8.88. The maximum Gasteiger partial charge on any atom is 0.331 e. The summed E-state index contributed by atoms with van der Waals surface area (Å²) in [6.45, 7) is 1.80. The molecular formula is C13H12O3. The van der Waals surface area contributed by atoms with Gasteiger partial charge in [0, 0.05) is 6.08 Å². The third-order valence-corrected chi connectivity index (χ3v) is 2.35. The number of phenols is 1. The zero-order chi connectivity index (χ0) is 11.6. The second kappa shape index (κ2) is 3.85. The van der Waals surface area contributed by atoms with Gasteiger partial charge in [-0.25, -0.2) is 4.79 Å². The fourth-order valence-electron chi connectivity index (χ4n) is 1.50. The summed E-state index contributed by atoms with van der Waals surface area (Å²) >= 11 is 0. The van der Waals surface area contributed by atoms with E-state index in [-0.39, 0.29) is 11.7 Å². The van der Waals surface area contributed by atoms with Crippen LogP contribution in [0.4, 0.5) is 0 Å². The van der Waals surface area contributed by atoms with Gasteiger partial charge >= 0.3 is 5.97 Å². The van der Waals surface area contributed by atoms with Gasteiger partial charge in [0.2, 0.25) is 0 Å². The monoisotopic (exact) mass is 216 g/mol. The van der Waals surface area contributed by atoms with Crippen molar-refractivity contribution in [2.24, 2.45) is 0 Å². The Hall–Kier alpha value is -2.03. The Kier molecular flexibility index (Phi) is 2.52. The smallest absolute Gasteiger partial charge is 0.331 e. The predicted octanol–water partition coefficient (Wildman–Crippen LogP) is 2.28. The van der Waals surface area contributed by atoms with E-state index in [1.807, 2.05) is 12.1 Å². The average molecular weight is 216 g/mol. The Balaban J connectivity index is 2.16. The fraction of sp³-hybridized carbons (Fsp3) is 0.154. The first-order valence-corrected chi connectivity index (χ1v) is 4.98. The standard InChI is InChI=1S/C13H12O3/c1-13(8-6-12(15)16-13)7-5-10-3-2-4-11(14)9-10/h2-9,14H,1H3/b7-5+. The lowest BCUT2D eigenvalue weighted by Gasteiger charge is -2.16. The molecule has 0 aliphatic carbocycles. The summed E-state index contributed by atoms with van der Waals surface area (Å²) < 4.78 is 5.10. The van der Waals surface area contributed by atoms with Crippen LogP contribution in [0.15, 0.2) is 42.5 Å². The lowest BCUT2D eigenvalue weighted by Crippen LogP contribution is -2.20. The van der Waals surface area contributed by atoms with Crippen molar-refractivity contribution in [3.05, 3.63) is 48.1 Å². The first kappa shape index (κ1) is 10.5. The van der Waals surface area contributed by atoms with Crippen LogP contribution in [0, 0.1) is 0 Å². The highest BCUT2D eigenvalue weighted by Gasteiger charge is 2.26. The topological polar surface area (TPSA) is 46.5 Å². The van der Waals surface area contributed by atoms with E-state index in [4.69, 9.17) is 4.74 Å². The Morgan fingerprint density at radius 2 is 2.25 bits per heavy atom. The molecular weight excluding hydrogens is 204 g/mol. The molecule has 1 aromatic carbocycles. The van der Waals surface area contributed by atoms with Crippen LogP contribution in [0.2, 0.25) is 0 Å². The Labute approximate surface area is 93.7 Å². The van der Waals surface area contributed by atoms with Gasteiger partial charge in [-0.2, -0.15) is 0 Å². The number of esters is 1. The van der Waals surface area contributed by atoms with Crippen molar-refractivity contribution < 1.29 is 14.6 Å². The highest BCUT2D eigenvalue weighted by Crippen LogP contribution is 2.22. The maximum atomic E-state index is 10.9. The van der Waals surface area contributed by atoms with Gasteiger partial charge in [-0.3, -0.25) is 0 Å². The predicted molar refractivity (Wildman–Crippen MR) is 60.8 cm³/mol. The number of phenolic OH excluding ortho intramolecular Hbond substituents is 1. The lowest BCUT2D eigenvalue weighted by molar-refractivity contribution is -0.141. The van der Waals surface area contributed by atoms with Crippen molar-refractivity contribution in [2.75, 3.05) is 0 Å². The second-order valence-corrected chi connectivity index (χ2v) is 3.87.